The normalized spacial score (nSPS) is 10.4. The van der Waals surface area contributed by atoms with Crippen LogP contribution in [0.2, 0.25) is 0 Å². The molecule has 16 heavy (non-hydrogen) atoms. The Morgan fingerprint density at radius 1 is 1.25 bits per heavy atom. The zero-order valence-electron chi connectivity index (χ0n) is 10.3. The lowest BCUT2D eigenvalue weighted by molar-refractivity contribution is 0.293. The molecule has 3 nitrogen and oxygen atoms in total. The van der Waals surface area contributed by atoms with E-state index in [1.165, 1.54) is 24.8 Å². The first-order chi connectivity index (χ1) is 7.86. The highest BCUT2D eigenvalue weighted by Gasteiger charge is 1.96. The molecule has 0 spiro atoms. The SMILES string of the molecule is CCCCCCOc1ccc(CNC)cn1. The van der Waals surface area contributed by atoms with Gasteiger partial charge in [0.15, 0.2) is 0 Å². The average Bonchev–Trinajstić information content (AvgIpc) is 2.31. The maximum atomic E-state index is 5.55. The summed E-state index contributed by atoms with van der Waals surface area (Å²) < 4.78 is 5.55. The Hall–Kier alpha value is -1.09. The molecule has 0 amide bonds. The molecule has 90 valence electrons. The number of rotatable bonds is 8. The van der Waals surface area contributed by atoms with E-state index in [0.29, 0.717) is 0 Å². The molecule has 0 aliphatic heterocycles. The molecule has 0 saturated carbocycles. The number of unbranched alkanes of at least 4 members (excludes halogenated alkanes) is 3. The van der Waals surface area contributed by atoms with Crippen LogP contribution >= 0.6 is 0 Å². The minimum Gasteiger partial charge on any atom is -0.478 e. The number of hydrogen-bond donors (Lipinski definition) is 1. The standard InChI is InChI=1S/C13H22N2O/c1-3-4-5-6-9-16-13-8-7-12(10-14-2)11-15-13/h7-8,11,14H,3-6,9-10H2,1-2H3. The van der Waals surface area contributed by atoms with Crippen LogP contribution in [0.3, 0.4) is 0 Å². The molecule has 0 bridgehead atoms. The molecule has 1 N–H and O–H groups in total. The first kappa shape index (κ1) is 13.0. The van der Waals surface area contributed by atoms with Crippen LogP contribution in [-0.4, -0.2) is 18.6 Å². The maximum Gasteiger partial charge on any atom is 0.213 e. The summed E-state index contributed by atoms with van der Waals surface area (Å²) in [5.74, 6) is 0.733. The predicted molar refractivity (Wildman–Crippen MR) is 66.6 cm³/mol. The van der Waals surface area contributed by atoms with E-state index in [1.54, 1.807) is 0 Å². The third-order valence-electron chi connectivity index (χ3n) is 2.43. The number of nitrogens with one attached hydrogen (secondary N) is 1. The Labute approximate surface area is 98.2 Å². The second-order valence-corrected chi connectivity index (χ2v) is 3.94. The summed E-state index contributed by atoms with van der Waals surface area (Å²) in [7, 11) is 1.93. The second-order valence-electron chi connectivity index (χ2n) is 3.94. The van der Waals surface area contributed by atoms with Gasteiger partial charge in [-0.15, -0.1) is 0 Å². The van der Waals surface area contributed by atoms with Gasteiger partial charge in [0.25, 0.3) is 0 Å². The fourth-order valence-corrected chi connectivity index (χ4v) is 1.51. The van der Waals surface area contributed by atoms with Crippen molar-refractivity contribution in [3.05, 3.63) is 23.9 Å². The molecule has 1 rings (SSSR count). The van der Waals surface area contributed by atoms with Crippen LogP contribution in [0.25, 0.3) is 0 Å². The smallest absolute Gasteiger partial charge is 0.213 e. The first-order valence-corrected chi connectivity index (χ1v) is 6.09. The molecule has 0 atom stereocenters. The lowest BCUT2D eigenvalue weighted by atomic mass is 10.2. The summed E-state index contributed by atoms with van der Waals surface area (Å²) in [6.45, 7) is 3.84. The Morgan fingerprint density at radius 2 is 2.12 bits per heavy atom. The van der Waals surface area contributed by atoms with Gasteiger partial charge >= 0.3 is 0 Å². The Bertz CT molecular complexity index is 272. The van der Waals surface area contributed by atoms with Gasteiger partial charge in [0.1, 0.15) is 0 Å². The van der Waals surface area contributed by atoms with Gasteiger partial charge in [-0.1, -0.05) is 32.3 Å². The van der Waals surface area contributed by atoms with Crippen molar-refractivity contribution in [1.29, 1.82) is 0 Å². The minimum atomic E-state index is 0.733. The van der Waals surface area contributed by atoms with Gasteiger partial charge in [0, 0.05) is 18.8 Å². The molecule has 1 heterocycles. The van der Waals surface area contributed by atoms with Gasteiger partial charge in [-0.3, -0.25) is 0 Å². The Morgan fingerprint density at radius 3 is 2.75 bits per heavy atom. The highest BCUT2D eigenvalue weighted by Crippen LogP contribution is 2.08. The van der Waals surface area contributed by atoms with Gasteiger partial charge in [0.05, 0.1) is 6.61 Å². The summed E-state index contributed by atoms with van der Waals surface area (Å²) in [5.41, 5.74) is 1.18. The molecule has 0 radical (unpaired) electrons. The van der Waals surface area contributed by atoms with E-state index in [1.807, 2.05) is 25.4 Å². The molecule has 0 unspecified atom stereocenters. The average molecular weight is 222 g/mol. The van der Waals surface area contributed by atoms with Crippen molar-refractivity contribution in [3.8, 4) is 5.88 Å². The number of nitrogens with zero attached hydrogens (tertiary/aromatic N) is 1. The highest BCUT2D eigenvalue weighted by molar-refractivity contribution is 5.17. The van der Waals surface area contributed by atoms with Crippen molar-refractivity contribution in [2.75, 3.05) is 13.7 Å². The minimum absolute atomic E-state index is 0.733. The number of pyridine rings is 1. The monoisotopic (exact) mass is 222 g/mol. The van der Waals surface area contributed by atoms with Gasteiger partial charge < -0.3 is 10.1 Å². The quantitative estimate of drug-likeness (QED) is 0.687. The third kappa shape index (κ3) is 5.12. The van der Waals surface area contributed by atoms with Crippen LogP contribution in [0.1, 0.15) is 38.2 Å². The van der Waals surface area contributed by atoms with E-state index in [9.17, 15) is 0 Å². The van der Waals surface area contributed by atoms with Gasteiger partial charge in [0.2, 0.25) is 5.88 Å². The van der Waals surface area contributed by atoms with Crippen LogP contribution in [0.15, 0.2) is 18.3 Å². The summed E-state index contributed by atoms with van der Waals surface area (Å²) in [5, 5.41) is 3.09. The second kappa shape index (κ2) is 8.11. The molecule has 0 fully saturated rings. The zero-order valence-corrected chi connectivity index (χ0v) is 10.3. The third-order valence-corrected chi connectivity index (χ3v) is 2.43. The summed E-state index contributed by atoms with van der Waals surface area (Å²) in [6, 6.07) is 3.98. The summed E-state index contributed by atoms with van der Waals surface area (Å²) in [6.07, 6.45) is 6.77. The topological polar surface area (TPSA) is 34.1 Å². The van der Waals surface area contributed by atoms with Crippen molar-refractivity contribution in [1.82, 2.24) is 10.3 Å². The Kier molecular flexibility index (Phi) is 6.58. The fraction of sp³-hybridized carbons (Fsp3) is 0.615. The molecule has 3 heteroatoms. The number of ether oxygens (including phenoxy) is 1. The summed E-state index contributed by atoms with van der Waals surface area (Å²) in [4.78, 5) is 4.25. The van der Waals surface area contributed by atoms with Crippen LogP contribution in [-0.2, 0) is 6.54 Å². The fourth-order valence-electron chi connectivity index (χ4n) is 1.51. The van der Waals surface area contributed by atoms with E-state index in [0.717, 1.165) is 25.5 Å². The van der Waals surface area contributed by atoms with Crippen LogP contribution in [0, 0.1) is 0 Å². The van der Waals surface area contributed by atoms with Crippen molar-refractivity contribution in [3.63, 3.8) is 0 Å². The van der Waals surface area contributed by atoms with E-state index >= 15 is 0 Å². The van der Waals surface area contributed by atoms with Crippen LogP contribution < -0.4 is 10.1 Å². The van der Waals surface area contributed by atoms with Gasteiger partial charge in [-0.25, -0.2) is 4.98 Å². The molecule has 0 aliphatic carbocycles. The van der Waals surface area contributed by atoms with Crippen LogP contribution in [0.4, 0.5) is 0 Å². The largest absolute Gasteiger partial charge is 0.478 e. The first-order valence-electron chi connectivity index (χ1n) is 6.09. The Balaban J connectivity index is 2.21. The van der Waals surface area contributed by atoms with E-state index < -0.39 is 0 Å². The van der Waals surface area contributed by atoms with Crippen LogP contribution in [0.5, 0.6) is 5.88 Å². The van der Waals surface area contributed by atoms with Crippen molar-refractivity contribution in [2.24, 2.45) is 0 Å². The molecule has 0 aliphatic rings. The molecule has 0 saturated heterocycles. The molecule has 1 aromatic heterocycles. The molecule has 1 aromatic rings. The highest BCUT2D eigenvalue weighted by atomic mass is 16.5. The van der Waals surface area contributed by atoms with Crippen molar-refractivity contribution in [2.45, 2.75) is 39.2 Å². The molecule has 0 aromatic carbocycles. The number of aromatic nitrogens is 1. The zero-order chi connectivity index (χ0) is 11.6. The van der Waals surface area contributed by atoms with Crippen molar-refractivity contribution >= 4 is 0 Å². The van der Waals surface area contributed by atoms with Gasteiger partial charge in [-0.05, 0) is 19.0 Å². The van der Waals surface area contributed by atoms with Crippen molar-refractivity contribution < 1.29 is 4.74 Å². The maximum absolute atomic E-state index is 5.55. The van der Waals surface area contributed by atoms with E-state index in [4.69, 9.17) is 4.74 Å². The van der Waals surface area contributed by atoms with Gasteiger partial charge in [-0.2, -0.15) is 0 Å². The lowest BCUT2D eigenvalue weighted by Gasteiger charge is -2.05. The van der Waals surface area contributed by atoms with E-state index in [-0.39, 0.29) is 0 Å². The number of hydrogen-bond acceptors (Lipinski definition) is 3. The molecular weight excluding hydrogens is 200 g/mol. The lowest BCUT2D eigenvalue weighted by Crippen LogP contribution is -2.05. The van der Waals surface area contributed by atoms with E-state index in [2.05, 4.69) is 17.2 Å². The predicted octanol–water partition coefficient (Wildman–Crippen LogP) is 2.76. The molecular formula is C13H22N2O. The summed E-state index contributed by atoms with van der Waals surface area (Å²) >= 11 is 0.